The van der Waals surface area contributed by atoms with Gasteiger partial charge in [-0.25, -0.2) is 0 Å². The Balaban J connectivity index is 4.21. The summed E-state index contributed by atoms with van der Waals surface area (Å²) in [5.74, 6) is -0.912. The fourth-order valence-corrected chi connectivity index (χ4v) is 9.85. The second kappa shape index (κ2) is 69.6. The van der Waals surface area contributed by atoms with Gasteiger partial charge in [0.15, 0.2) is 6.10 Å². The molecule has 470 valence electrons. The second-order valence-corrected chi connectivity index (χ2v) is 23.1. The molecule has 0 spiro atoms. The van der Waals surface area contributed by atoms with E-state index in [1.807, 2.05) is 0 Å². The molecule has 1 unspecified atom stereocenters. The summed E-state index contributed by atoms with van der Waals surface area (Å²) < 4.78 is 16.9. The lowest BCUT2D eigenvalue weighted by Gasteiger charge is -2.18. The van der Waals surface area contributed by atoms with Gasteiger partial charge in [0.2, 0.25) is 0 Å². The summed E-state index contributed by atoms with van der Waals surface area (Å²) in [5, 5.41) is 0. The molecule has 6 nitrogen and oxygen atoms in total. The number of allylic oxidation sites excluding steroid dienone is 18. The first-order valence-corrected chi connectivity index (χ1v) is 34.9. The molecule has 0 aromatic rings. The van der Waals surface area contributed by atoms with E-state index in [0.717, 1.165) is 122 Å². The minimum absolute atomic E-state index is 0.0857. The minimum Gasteiger partial charge on any atom is -0.462 e. The third-order valence-corrected chi connectivity index (χ3v) is 15.0. The number of hydrogen-bond acceptors (Lipinski definition) is 6. The fourth-order valence-electron chi connectivity index (χ4n) is 9.85. The Labute approximate surface area is 508 Å². The van der Waals surface area contributed by atoms with Gasteiger partial charge < -0.3 is 14.2 Å². The number of carbonyl (C=O) groups excluding carboxylic acids is 3. The highest BCUT2D eigenvalue weighted by molar-refractivity contribution is 5.71. The van der Waals surface area contributed by atoms with E-state index in [9.17, 15) is 14.4 Å². The number of carbonyl (C=O) groups is 3. The largest absolute Gasteiger partial charge is 0.462 e. The maximum absolute atomic E-state index is 12.9. The van der Waals surface area contributed by atoms with E-state index in [1.165, 1.54) is 173 Å². The molecule has 0 saturated heterocycles. The van der Waals surface area contributed by atoms with Crippen molar-refractivity contribution in [3.63, 3.8) is 0 Å². The molecule has 0 aliphatic carbocycles. The van der Waals surface area contributed by atoms with Crippen molar-refractivity contribution in [1.82, 2.24) is 0 Å². The van der Waals surface area contributed by atoms with Crippen LogP contribution in [0.3, 0.4) is 0 Å². The van der Waals surface area contributed by atoms with E-state index in [1.54, 1.807) is 0 Å². The number of rotatable bonds is 63. The summed E-state index contributed by atoms with van der Waals surface area (Å²) in [4.78, 5) is 38.2. The highest BCUT2D eigenvalue weighted by atomic mass is 16.6. The summed E-state index contributed by atoms with van der Waals surface area (Å²) >= 11 is 0. The Morgan fingerprint density at radius 3 is 0.744 bits per heavy atom. The lowest BCUT2D eigenvalue weighted by atomic mass is 10.0. The maximum Gasteiger partial charge on any atom is 0.306 e. The van der Waals surface area contributed by atoms with Gasteiger partial charge in [0.05, 0.1) is 0 Å². The summed E-state index contributed by atoms with van der Waals surface area (Å²) in [7, 11) is 0. The third-order valence-electron chi connectivity index (χ3n) is 15.0. The van der Waals surface area contributed by atoms with Gasteiger partial charge in [0, 0.05) is 19.3 Å². The van der Waals surface area contributed by atoms with E-state index in [2.05, 4.69) is 130 Å². The Kier molecular flexibility index (Phi) is 66.2. The van der Waals surface area contributed by atoms with Crippen molar-refractivity contribution in [2.75, 3.05) is 13.2 Å². The average Bonchev–Trinajstić information content (AvgIpc) is 3.47. The van der Waals surface area contributed by atoms with Crippen LogP contribution in [0.2, 0.25) is 0 Å². The van der Waals surface area contributed by atoms with Crippen LogP contribution in [0.1, 0.15) is 335 Å². The molecule has 1 atom stereocenters. The highest BCUT2D eigenvalue weighted by Gasteiger charge is 2.19. The molecule has 0 saturated carbocycles. The van der Waals surface area contributed by atoms with Gasteiger partial charge in [-0.1, -0.05) is 336 Å². The number of esters is 3. The van der Waals surface area contributed by atoms with Crippen molar-refractivity contribution in [1.29, 1.82) is 0 Å². The van der Waals surface area contributed by atoms with Crippen molar-refractivity contribution >= 4 is 17.9 Å². The molecule has 0 radical (unpaired) electrons. The lowest BCUT2D eigenvalue weighted by molar-refractivity contribution is -0.167. The van der Waals surface area contributed by atoms with E-state index in [-0.39, 0.29) is 31.1 Å². The van der Waals surface area contributed by atoms with Gasteiger partial charge in [-0.2, -0.15) is 0 Å². The first kappa shape index (κ1) is 78.1. The van der Waals surface area contributed by atoms with Gasteiger partial charge in [-0.05, 0) is 89.9 Å². The van der Waals surface area contributed by atoms with E-state index in [0.29, 0.717) is 19.3 Å². The molecule has 0 N–H and O–H groups in total. The molecular weight excluding hydrogens is 1010 g/mol. The summed E-state index contributed by atoms with van der Waals surface area (Å²) in [6, 6.07) is 0. The van der Waals surface area contributed by atoms with Crippen molar-refractivity contribution in [2.24, 2.45) is 0 Å². The van der Waals surface area contributed by atoms with Crippen molar-refractivity contribution in [3.8, 4) is 0 Å². The normalized spacial score (nSPS) is 12.8. The summed E-state index contributed by atoms with van der Waals surface area (Å²) in [6.45, 7) is 6.51. The van der Waals surface area contributed by atoms with Crippen LogP contribution in [0, 0.1) is 0 Å². The van der Waals surface area contributed by atoms with Crippen molar-refractivity contribution in [3.05, 3.63) is 109 Å². The first-order valence-electron chi connectivity index (χ1n) is 34.9. The molecular formula is C76H130O6. The summed E-state index contributed by atoms with van der Waals surface area (Å²) in [6.07, 6.45) is 95.7. The topological polar surface area (TPSA) is 78.9 Å². The van der Waals surface area contributed by atoms with Crippen LogP contribution in [-0.2, 0) is 28.6 Å². The van der Waals surface area contributed by atoms with Crippen LogP contribution in [0.15, 0.2) is 109 Å². The van der Waals surface area contributed by atoms with Crippen LogP contribution in [0.25, 0.3) is 0 Å². The van der Waals surface area contributed by atoms with E-state index in [4.69, 9.17) is 14.2 Å². The van der Waals surface area contributed by atoms with Gasteiger partial charge in [0.1, 0.15) is 13.2 Å². The van der Waals surface area contributed by atoms with Crippen LogP contribution >= 0.6 is 0 Å². The minimum atomic E-state index is -0.790. The van der Waals surface area contributed by atoms with Gasteiger partial charge in [-0.3, -0.25) is 14.4 Å². The number of ether oxygens (including phenoxy) is 3. The molecule has 0 fully saturated rings. The predicted molar refractivity (Wildman–Crippen MR) is 357 cm³/mol. The van der Waals surface area contributed by atoms with Crippen LogP contribution in [0.5, 0.6) is 0 Å². The zero-order valence-electron chi connectivity index (χ0n) is 54.0. The average molecular weight is 1140 g/mol. The second-order valence-electron chi connectivity index (χ2n) is 23.1. The van der Waals surface area contributed by atoms with E-state index < -0.39 is 6.10 Å². The zero-order chi connectivity index (χ0) is 59.2. The number of unbranched alkanes of at least 4 members (excludes halogenated alkanes) is 34. The van der Waals surface area contributed by atoms with Crippen LogP contribution in [-0.4, -0.2) is 37.2 Å². The Morgan fingerprint density at radius 1 is 0.256 bits per heavy atom. The SMILES string of the molecule is CC/C=C\C/C=C\C/C=C\C/C=C\C/C=C\C/C=C\C/C=C\C/C=C\C/C=C\CCCCCC(=O)OCC(COC(=O)CCCCCCCCCC)OC(=O)CCCCCCCCCCCCCCCCCCCCCCCCCCC. The number of hydrogen-bond donors (Lipinski definition) is 0. The Hall–Kier alpha value is -3.93. The molecule has 0 rings (SSSR count). The van der Waals surface area contributed by atoms with Gasteiger partial charge >= 0.3 is 17.9 Å². The molecule has 6 heteroatoms. The summed E-state index contributed by atoms with van der Waals surface area (Å²) in [5.41, 5.74) is 0. The molecule has 0 aromatic heterocycles. The first-order chi connectivity index (χ1) is 40.5. The van der Waals surface area contributed by atoms with Gasteiger partial charge in [-0.15, -0.1) is 0 Å². The molecule has 0 aliphatic rings. The molecule has 0 aromatic carbocycles. The predicted octanol–water partition coefficient (Wildman–Crippen LogP) is 24.2. The van der Waals surface area contributed by atoms with Crippen LogP contribution < -0.4 is 0 Å². The Bertz CT molecular complexity index is 1640. The third kappa shape index (κ3) is 66.9. The monoisotopic (exact) mass is 1140 g/mol. The molecule has 82 heavy (non-hydrogen) atoms. The zero-order valence-corrected chi connectivity index (χ0v) is 54.0. The quantitative estimate of drug-likeness (QED) is 0.0261. The Morgan fingerprint density at radius 2 is 0.476 bits per heavy atom. The van der Waals surface area contributed by atoms with Crippen molar-refractivity contribution in [2.45, 2.75) is 341 Å². The van der Waals surface area contributed by atoms with E-state index >= 15 is 0 Å². The highest BCUT2D eigenvalue weighted by Crippen LogP contribution is 2.17. The van der Waals surface area contributed by atoms with Gasteiger partial charge in [0.25, 0.3) is 0 Å². The fraction of sp³-hybridized carbons (Fsp3) is 0.724. The maximum atomic E-state index is 12.9. The molecule has 0 aliphatic heterocycles. The smallest absolute Gasteiger partial charge is 0.306 e. The van der Waals surface area contributed by atoms with Crippen molar-refractivity contribution < 1.29 is 28.6 Å². The molecule has 0 amide bonds. The molecule has 0 bridgehead atoms. The standard InChI is InChI=1S/C76H130O6/c1-4-7-10-13-16-19-21-23-25-27-29-31-33-35-36-37-38-39-40-42-43-45-47-49-51-53-55-57-60-63-66-69-75(78)81-72-73(71-80-74(77)68-65-62-59-18-15-12-9-6-3)82-76(79)70-67-64-61-58-56-54-52-50-48-46-44-41-34-32-30-28-26-24-22-20-17-14-11-8-5-2/h7,10,16,19,23,25,29,31,35-36,38-39,42-43,47,49,53,55,73H,4-6,8-9,11-15,17-18,20-22,24,26-28,30,32-34,37,40-41,44-46,48,50-52,54,56-72H2,1-3H3/b10-7-,19-16-,25-23-,31-29-,36-35-,39-38-,43-42-,49-47-,55-53-. The van der Waals surface area contributed by atoms with Crippen LogP contribution in [0.4, 0.5) is 0 Å². The lowest BCUT2D eigenvalue weighted by Crippen LogP contribution is -2.30. The molecule has 0 heterocycles.